The van der Waals surface area contributed by atoms with Crippen LogP contribution in [-0.2, 0) is 22.3 Å². The number of piperidine rings is 1. The number of nitrogens with one attached hydrogen (secondary N) is 1. The molecule has 2 bridgehead atoms. The molecular weight excluding hydrogens is 543 g/mol. The molecule has 7 rings (SSSR count). The molecule has 1 saturated carbocycles. The smallest absolute Gasteiger partial charge is 0.273 e. The van der Waals surface area contributed by atoms with Crippen LogP contribution in [0, 0.1) is 17.7 Å². The Morgan fingerprint density at radius 2 is 1.68 bits per heavy atom. The van der Waals surface area contributed by atoms with Crippen LogP contribution in [0.1, 0.15) is 86.5 Å². The van der Waals surface area contributed by atoms with Crippen LogP contribution in [0.4, 0.5) is 4.39 Å². The zero-order chi connectivity index (χ0) is 28.9. The van der Waals surface area contributed by atoms with E-state index < -0.39 is 11.0 Å². The van der Waals surface area contributed by atoms with Crippen LogP contribution in [0.5, 0.6) is 0 Å². The fourth-order valence-electron chi connectivity index (χ4n) is 7.23. The topological polar surface area (TPSA) is 87.9 Å². The van der Waals surface area contributed by atoms with Crippen LogP contribution >= 0.6 is 0 Å². The molecule has 4 saturated heterocycles. The van der Waals surface area contributed by atoms with Crippen molar-refractivity contribution in [2.75, 3.05) is 32.6 Å². The molecule has 1 amide bonds. The van der Waals surface area contributed by atoms with Crippen LogP contribution in [-0.4, -0.2) is 75.2 Å². The molecule has 8 nitrogen and oxygen atoms in total. The summed E-state index contributed by atoms with van der Waals surface area (Å²) < 4.78 is 37.1. The summed E-state index contributed by atoms with van der Waals surface area (Å²) in [6.07, 6.45) is 9.84. The summed E-state index contributed by atoms with van der Waals surface area (Å²) in [7, 11) is -0.929. The number of carbonyl (C=O) groups is 1. The van der Waals surface area contributed by atoms with Crippen molar-refractivity contribution >= 4 is 16.9 Å². The number of amides is 1. The van der Waals surface area contributed by atoms with E-state index in [4.69, 9.17) is 9.26 Å². The molecule has 1 aromatic heterocycles. The zero-order valence-corrected chi connectivity index (χ0v) is 25.4. The maximum atomic E-state index is 12.8. The largest absolute Gasteiger partial charge is 0.380 e. The van der Waals surface area contributed by atoms with Gasteiger partial charge in [-0.25, -0.2) is 12.9 Å². The number of aromatic nitrogens is 1. The maximum Gasteiger partial charge on any atom is 0.273 e. The average Bonchev–Trinajstić information content (AvgIpc) is 3.70. The van der Waals surface area contributed by atoms with Gasteiger partial charge in [-0.15, -0.1) is 0 Å². The molecule has 10 heteroatoms. The molecule has 1 aliphatic carbocycles. The molecule has 5 unspecified atom stereocenters. The van der Waals surface area contributed by atoms with E-state index in [2.05, 4.69) is 19.7 Å². The number of ether oxygens (including phenoxy) is 1. The van der Waals surface area contributed by atoms with Crippen LogP contribution < -0.4 is 5.32 Å². The Morgan fingerprint density at radius 1 is 1.05 bits per heavy atom. The Kier molecular flexibility index (Phi) is 10.3. The molecule has 5 heterocycles. The van der Waals surface area contributed by atoms with E-state index in [1.165, 1.54) is 37.9 Å². The number of hydrogen-bond acceptors (Lipinski definition) is 6. The first-order valence-corrected chi connectivity index (χ1v) is 16.9. The Hall–Kier alpha value is -2.14. The van der Waals surface area contributed by atoms with Crippen molar-refractivity contribution in [2.45, 2.75) is 89.4 Å². The summed E-state index contributed by atoms with van der Waals surface area (Å²) in [6, 6.07) is 9.39. The van der Waals surface area contributed by atoms with Gasteiger partial charge in [-0.1, -0.05) is 37.6 Å². The van der Waals surface area contributed by atoms with E-state index in [-0.39, 0.29) is 23.7 Å². The van der Waals surface area contributed by atoms with E-state index in [0.29, 0.717) is 31.0 Å². The SMILES string of the molecule is CC.CS(=O)N1C2CCC1CC(NC(=O)c1cc(C3COC3)on1)C2.Fc1ccc(CN2CC3CCCC3C2)cc1. The third-order valence-corrected chi connectivity index (χ3v) is 10.4. The third-order valence-electron chi connectivity index (χ3n) is 9.22. The lowest BCUT2D eigenvalue weighted by atomic mass is 9.99. The summed E-state index contributed by atoms with van der Waals surface area (Å²) >= 11 is 0. The average molecular weight is 589 g/mol. The fourth-order valence-corrected chi connectivity index (χ4v) is 8.45. The first-order chi connectivity index (χ1) is 19.9. The monoisotopic (exact) mass is 588 g/mol. The number of halogens is 1. The van der Waals surface area contributed by atoms with E-state index in [1.54, 1.807) is 24.5 Å². The number of rotatable bonds is 6. The summed E-state index contributed by atoms with van der Waals surface area (Å²) in [5, 5.41) is 6.95. The highest BCUT2D eigenvalue weighted by molar-refractivity contribution is 7.81. The van der Waals surface area contributed by atoms with Crippen molar-refractivity contribution in [3.05, 3.63) is 53.2 Å². The van der Waals surface area contributed by atoms with Gasteiger partial charge in [-0.3, -0.25) is 9.69 Å². The Morgan fingerprint density at radius 3 is 2.24 bits per heavy atom. The number of fused-ring (bicyclic) bond motifs is 3. The minimum Gasteiger partial charge on any atom is -0.380 e. The second kappa shape index (κ2) is 13.9. The van der Waals surface area contributed by atoms with Gasteiger partial charge in [0.1, 0.15) is 11.6 Å². The summed E-state index contributed by atoms with van der Waals surface area (Å²) in [6.45, 7) is 8.76. The van der Waals surface area contributed by atoms with Gasteiger partial charge < -0.3 is 14.6 Å². The second-order valence-corrected chi connectivity index (χ2v) is 13.2. The van der Waals surface area contributed by atoms with Crippen molar-refractivity contribution < 1.29 is 22.7 Å². The molecule has 4 aliphatic heterocycles. The van der Waals surface area contributed by atoms with Gasteiger partial charge in [0.05, 0.1) is 30.1 Å². The predicted octanol–water partition coefficient (Wildman–Crippen LogP) is 4.89. The molecule has 1 N–H and O–H groups in total. The number of nitrogens with zero attached hydrogens (tertiary/aromatic N) is 3. The second-order valence-electron chi connectivity index (χ2n) is 11.9. The molecule has 5 atom stereocenters. The van der Waals surface area contributed by atoms with Gasteiger partial charge in [0.2, 0.25) is 0 Å². The van der Waals surface area contributed by atoms with E-state index in [1.807, 2.05) is 26.0 Å². The minimum atomic E-state index is -0.929. The molecule has 0 radical (unpaired) electrons. The highest BCUT2D eigenvalue weighted by Gasteiger charge is 2.43. The molecule has 226 valence electrons. The standard InChI is InChI=1S/C15H21N3O4S.C14H18FN.C2H6/c1-23(20)18-11-2-3-12(18)5-10(4-11)16-15(19)13-6-14(22-17-13)9-7-21-8-9;15-14-6-4-11(5-7-14)8-16-9-12-2-1-3-13(12)10-16;1-2/h6,9-12H,2-5,7-8H2,1H3,(H,16,19);4-7,12-13H,1-3,8-10H2;1-2H3. The van der Waals surface area contributed by atoms with E-state index in [0.717, 1.165) is 49.8 Å². The van der Waals surface area contributed by atoms with Gasteiger partial charge in [0, 0.05) is 50.1 Å². The molecule has 5 aliphatic rings. The van der Waals surface area contributed by atoms with E-state index >= 15 is 0 Å². The lowest BCUT2D eigenvalue weighted by Gasteiger charge is -2.37. The highest BCUT2D eigenvalue weighted by atomic mass is 32.2. The molecule has 2 aromatic rings. The van der Waals surface area contributed by atoms with Crippen molar-refractivity contribution in [3.63, 3.8) is 0 Å². The summed E-state index contributed by atoms with van der Waals surface area (Å²) in [5.41, 5.74) is 1.57. The minimum absolute atomic E-state index is 0.118. The maximum absolute atomic E-state index is 12.8. The first kappa shape index (κ1) is 30.3. The van der Waals surface area contributed by atoms with Gasteiger partial charge in [0.25, 0.3) is 5.91 Å². The Balaban J connectivity index is 0.000000164. The normalized spacial score (nSPS) is 29.9. The van der Waals surface area contributed by atoms with Crippen molar-refractivity contribution in [1.29, 1.82) is 0 Å². The summed E-state index contributed by atoms with van der Waals surface area (Å²) in [5.74, 6) is 2.51. The third kappa shape index (κ3) is 7.27. The summed E-state index contributed by atoms with van der Waals surface area (Å²) in [4.78, 5) is 14.9. The molecule has 0 spiro atoms. The van der Waals surface area contributed by atoms with Crippen molar-refractivity contribution in [3.8, 4) is 0 Å². The van der Waals surface area contributed by atoms with Crippen molar-refractivity contribution in [2.24, 2.45) is 11.8 Å². The number of hydrogen-bond donors (Lipinski definition) is 1. The molecule has 5 fully saturated rings. The fraction of sp³-hybridized carbons (Fsp3) is 0.677. The van der Waals surface area contributed by atoms with Crippen LogP contribution in [0.25, 0.3) is 0 Å². The first-order valence-electron chi connectivity index (χ1n) is 15.4. The molecular formula is C31H45FN4O4S. The van der Waals surface area contributed by atoms with Gasteiger partial charge in [0.15, 0.2) is 5.69 Å². The van der Waals surface area contributed by atoms with Crippen LogP contribution in [0.3, 0.4) is 0 Å². The molecule has 1 aromatic carbocycles. The van der Waals surface area contributed by atoms with Gasteiger partial charge >= 0.3 is 0 Å². The van der Waals surface area contributed by atoms with E-state index in [9.17, 15) is 13.4 Å². The van der Waals surface area contributed by atoms with Gasteiger partial charge in [-0.2, -0.15) is 0 Å². The molecule has 41 heavy (non-hydrogen) atoms. The highest BCUT2D eigenvalue weighted by Crippen LogP contribution is 2.38. The zero-order valence-electron chi connectivity index (χ0n) is 24.6. The predicted molar refractivity (Wildman–Crippen MR) is 157 cm³/mol. The van der Waals surface area contributed by atoms with Crippen molar-refractivity contribution in [1.82, 2.24) is 19.7 Å². The number of likely N-dealkylation sites (tertiary alicyclic amines) is 1. The lowest BCUT2D eigenvalue weighted by molar-refractivity contribution is -0.00228. The number of carbonyl (C=O) groups excluding carboxylic acids is 1. The Labute approximate surface area is 245 Å². The van der Waals surface area contributed by atoms with Crippen LogP contribution in [0.15, 0.2) is 34.9 Å². The van der Waals surface area contributed by atoms with Crippen LogP contribution in [0.2, 0.25) is 0 Å². The lowest BCUT2D eigenvalue weighted by Crippen LogP contribution is -2.50. The quantitative estimate of drug-likeness (QED) is 0.517. The number of benzene rings is 1. The Bertz CT molecular complexity index is 1150. The van der Waals surface area contributed by atoms with Gasteiger partial charge in [-0.05, 0) is 68.1 Å².